The van der Waals surface area contributed by atoms with Crippen LogP contribution in [0.1, 0.15) is 26.7 Å². The van der Waals surface area contributed by atoms with Gasteiger partial charge in [-0.2, -0.15) is 4.31 Å². The van der Waals surface area contributed by atoms with Gasteiger partial charge in [0.1, 0.15) is 15.5 Å². The zero-order chi connectivity index (χ0) is 25.2. The number of amides is 1. The van der Waals surface area contributed by atoms with Gasteiger partial charge in [-0.15, -0.1) is 11.3 Å². The number of fused-ring (bicyclic) bond motifs is 1. The minimum absolute atomic E-state index is 0.0950. The Morgan fingerprint density at radius 3 is 2.63 bits per heavy atom. The Bertz CT molecular complexity index is 1290. The molecule has 3 aromatic rings. The maximum absolute atomic E-state index is 14.3. The van der Waals surface area contributed by atoms with E-state index in [0.717, 1.165) is 24.4 Å². The minimum Gasteiger partial charge on any atom is -0.302 e. The van der Waals surface area contributed by atoms with E-state index in [9.17, 15) is 17.6 Å². The van der Waals surface area contributed by atoms with Gasteiger partial charge in [-0.25, -0.2) is 17.8 Å². The van der Waals surface area contributed by atoms with Crippen molar-refractivity contribution in [3.05, 3.63) is 40.5 Å². The van der Waals surface area contributed by atoms with E-state index in [1.54, 1.807) is 23.1 Å². The van der Waals surface area contributed by atoms with Crippen molar-refractivity contribution in [3.63, 3.8) is 0 Å². The predicted octanol–water partition coefficient (Wildman–Crippen LogP) is 4.93. The van der Waals surface area contributed by atoms with Gasteiger partial charge < -0.3 is 4.90 Å². The standard InChI is InChI=1S/C23H28ClFN4O3S3/c1-3-27(4-2)13-14-29(23-26-21-17(25)8-5-9-18(21)33-23)22(30)16-7-6-12-28(15-16)35(31,32)20-11-10-19(24)34-20/h5,8-11,16H,3-4,6-7,12-15H2,1-2H3. The second-order valence-electron chi connectivity index (χ2n) is 8.36. The summed E-state index contributed by atoms with van der Waals surface area (Å²) in [5.41, 5.74) is 0.246. The highest BCUT2D eigenvalue weighted by Crippen LogP contribution is 2.34. The summed E-state index contributed by atoms with van der Waals surface area (Å²) in [7, 11) is -3.73. The van der Waals surface area contributed by atoms with Crippen LogP contribution in [-0.2, 0) is 14.8 Å². The largest absolute Gasteiger partial charge is 0.302 e. The summed E-state index contributed by atoms with van der Waals surface area (Å²) in [6, 6.07) is 7.83. The molecule has 0 saturated carbocycles. The smallest absolute Gasteiger partial charge is 0.252 e. The van der Waals surface area contributed by atoms with Crippen molar-refractivity contribution in [2.24, 2.45) is 5.92 Å². The number of thiophene rings is 1. The number of piperidine rings is 1. The summed E-state index contributed by atoms with van der Waals surface area (Å²) in [6.45, 7) is 7.28. The molecule has 1 amide bonds. The Morgan fingerprint density at radius 1 is 1.20 bits per heavy atom. The van der Waals surface area contributed by atoms with Crippen LogP contribution in [-0.4, -0.2) is 67.8 Å². The number of thiazole rings is 1. The fraction of sp³-hybridized carbons (Fsp3) is 0.478. The fourth-order valence-electron chi connectivity index (χ4n) is 4.25. The lowest BCUT2D eigenvalue weighted by atomic mass is 9.98. The number of benzene rings is 1. The van der Waals surface area contributed by atoms with Gasteiger partial charge in [-0.3, -0.25) is 9.69 Å². The number of anilines is 1. The zero-order valence-electron chi connectivity index (χ0n) is 19.6. The number of sulfonamides is 1. The molecule has 3 heterocycles. The normalized spacial score (nSPS) is 17.3. The van der Waals surface area contributed by atoms with Gasteiger partial charge >= 0.3 is 0 Å². The van der Waals surface area contributed by atoms with E-state index < -0.39 is 21.8 Å². The lowest BCUT2D eigenvalue weighted by Gasteiger charge is -2.34. The van der Waals surface area contributed by atoms with Gasteiger partial charge in [0.25, 0.3) is 10.0 Å². The molecule has 1 fully saturated rings. The summed E-state index contributed by atoms with van der Waals surface area (Å²) in [5.74, 6) is -1.12. The van der Waals surface area contributed by atoms with Crippen molar-refractivity contribution in [2.45, 2.75) is 30.9 Å². The molecule has 1 unspecified atom stereocenters. The van der Waals surface area contributed by atoms with Crippen molar-refractivity contribution in [1.82, 2.24) is 14.2 Å². The number of aromatic nitrogens is 1. The number of hydrogen-bond acceptors (Lipinski definition) is 7. The summed E-state index contributed by atoms with van der Waals surface area (Å²) in [4.78, 5) is 22.1. The van der Waals surface area contributed by atoms with E-state index in [1.807, 2.05) is 0 Å². The van der Waals surface area contributed by atoms with E-state index in [2.05, 4.69) is 23.7 Å². The van der Waals surface area contributed by atoms with E-state index in [4.69, 9.17) is 11.6 Å². The third-order valence-corrected chi connectivity index (χ3v) is 10.9. The second kappa shape index (κ2) is 11.2. The molecule has 1 aliphatic rings. The molecule has 35 heavy (non-hydrogen) atoms. The first-order chi connectivity index (χ1) is 16.7. The molecule has 0 spiro atoms. The van der Waals surface area contributed by atoms with Crippen molar-refractivity contribution in [1.29, 1.82) is 0 Å². The molecule has 1 aliphatic heterocycles. The second-order valence-corrected chi connectivity index (χ2v) is 13.2. The van der Waals surface area contributed by atoms with Gasteiger partial charge in [-0.05, 0) is 50.2 Å². The number of carbonyl (C=O) groups excluding carboxylic acids is 1. The van der Waals surface area contributed by atoms with E-state index in [1.165, 1.54) is 27.8 Å². The molecular formula is C23H28ClFN4O3S3. The quantitative estimate of drug-likeness (QED) is 0.372. The summed E-state index contributed by atoms with van der Waals surface area (Å²) >= 11 is 8.25. The number of likely N-dealkylation sites (N-methyl/N-ethyl adjacent to an activating group) is 1. The summed E-state index contributed by atoms with van der Waals surface area (Å²) < 4.78 is 43.3. The Hall–Kier alpha value is -1.63. The van der Waals surface area contributed by atoms with Gasteiger partial charge in [0, 0.05) is 26.2 Å². The average molecular weight is 559 g/mol. The van der Waals surface area contributed by atoms with Crippen LogP contribution >= 0.6 is 34.3 Å². The Kier molecular flexibility index (Phi) is 8.45. The number of halogens is 2. The molecule has 1 aromatic carbocycles. The maximum Gasteiger partial charge on any atom is 0.252 e. The molecule has 190 valence electrons. The maximum atomic E-state index is 14.3. The van der Waals surface area contributed by atoms with E-state index in [-0.39, 0.29) is 22.2 Å². The van der Waals surface area contributed by atoms with Gasteiger partial charge in [0.05, 0.1) is 15.0 Å². The number of nitrogens with zero attached hydrogens (tertiary/aromatic N) is 4. The molecule has 12 heteroatoms. The molecule has 0 aliphatic carbocycles. The van der Waals surface area contributed by atoms with Crippen molar-refractivity contribution < 1.29 is 17.6 Å². The number of para-hydroxylation sites is 1. The van der Waals surface area contributed by atoms with Crippen LogP contribution in [0.15, 0.2) is 34.5 Å². The number of hydrogen-bond donors (Lipinski definition) is 0. The van der Waals surface area contributed by atoms with Gasteiger partial charge in [0.15, 0.2) is 5.13 Å². The van der Waals surface area contributed by atoms with Crippen LogP contribution in [0.2, 0.25) is 4.34 Å². The lowest BCUT2D eigenvalue weighted by molar-refractivity contribution is -0.123. The fourth-order valence-corrected chi connectivity index (χ4v) is 8.42. The first-order valence-electron chi connectivity index (χ1n) is 11.6. The molecular weight excluding hydrogens is 531 g/mol. The molecule has 0 bridgehead atoms. The van der Waals surface area contributed by atoms with Crippen LogP contribution in [0.25, 0.3) is 10.2 Å². The monoisotopic (exact) mass is 558 g/mol. The zero-order valence-corrected chi connectivity index (χ0v) is 22.8. The van der Waals surface area contributed by atoms with E-state index in [0.29, 0.717) is 46.6 Å². The molecule has 1 saturated heterocycles. The molecule has 1 atom stereocenters. The topological polar surface area (TPSA) is 73.8 Å². The van der Waals surface area contributed by atoms with Crippen molar-refractivity contribution in [2.75, 3.05) is 44.2 Å². The third-order valence-electron chi connectivity index (χ3n) is 6.27. The van der Waals surface area contributed by atoms with Gasteiger partial charge in [0.2, 0.25) is 5.91 Å². The van der Waals surface area contributed by atoms with Crippen molar-refractivity contribution in [3.8, 4) is 0 Å². The summed E-state index contributed by atoms with van der Waals surface area (Å²) in [6.07, 6.45) is 1.16. The highest BCUT2D eigenvalue weighted by molar-refractivity contribution is 7.91. The third kappa shape index (κ3) is 5.70. The Balaban J connectivity index is 1.60. The molecule has 4 rings (SSSR count). The first-order valence-corrected chi connectivity index (χ1v) is 15.0. The van der Waals surface area contributed by atoms with Crippen LogP contribution in [0, 0.1) is 11.7 Å². The van der Waals surface area contributed by atoms with Crippen LogP contribution in [0.4, 0.5) is 9.52 Å². The predicted molar refractivity (Wildman–Crippen MR) is 141 cm³/mol. The highest BCUT2D eigenvalue weighted by Gasteiger charge is 2.37. The van der Waals surface area contributed by atoms with Crippen LogP contribution < -0.4 is 4.90 Å². The Morgan fingerprint density at radius 2 is 1.97 bits per heavy atom. The number of rotatable bonds is 9. The summed E-state index contributed by atoms with van der Waals surface area (Å²) in [5, 5.41) is 0.437. The van der Waals surface area contributed by atoms with Gasteiger partial charge in [-0.1, -0.05) is 42.9 Å². The lowest BCUT2D eigenvalue weighted by Crippen LogP contribution is -2.48. The average Bonchev–Trinajstić information content (AvgIpc) is 3.49. The van der Waals surface area contributed by atoms with Crippen molar-refractivity contribution >= 4 is 65.6 Å². The minimum atomic E-state index is -3.73. The first kappa shape index (κ1) is 26.4. The Labute approximate surface area is 218 Å². The molecule has 2 aromatic heterocycles. The molecule has 7 nitrogen and oxygen atoms in total. The van der Waals surface area contributed by atoms with E-state index >= 15 is 0 Å². The van der Waals surface area contributed by atoms with Crippen LogP contribution in [0.3, 0.4) is 0 Å². The highest BCUT2D eigenvalue weighted by atomic mass is 35.5. The van der Waals surface area contributed by atoms with Crippen LogP contribution in [0.5, 0.6) is 0 Å². The molecule has 0 radical (unpaired) electrons. The SMILES string of the molecule is CCN(CC)CCN(C(=O)C1CCCN(S(=O)(=O)c2ccc(Cl)s2)C1)c1nc2c(F)cccc2s1. The molecule has 0 N–H and O–H groups in total. The number of carbonyl (C=O) groups is 1.